The fourth-order valence-electron chi connectivity index (χ4n) is 3.04. The second kappa shape index (κ2) is 8.12. The Bertz CT molecular complexity index is 760. The highest BCUT2D eigenvalue weighted by Gasteiger charge is 2.22. The first kappa shape index (κ1) is 18.8. The maximum absolute atomic E-state index is 12.1. The van der Waals surface area contributed by atoms with Crippen LogP contribution in [0.15, 0.2) is 38.8 Å². The number of rotatable bonds is 6. The summed E-state index contributed by atoms with van der Waals surface area (Å²) in [7, 11) is 2.59. The van der Waals surface area contributed by atoms with Gasteiger partial charge in [0.2, 0.25) is 0 Å². The molecule has 136 valence electrons. The number of hydrogen-bond acceptors (Lipinski definition) is 5. The Morgan fingerprint density at radius 1 is 1.32 bits per heavy atom. The van der Waals surface area contributed by atoms with Gasteiger partial charge in [-0.2, -0.15) is 0 Å². The molecule has 7 heteroatoms. The Hall–Kier alpha value is -1.02. The average Bonchev–Trinajstić information content (AvgIpc) is 3.21. The molecule has 2 heterocycles. The number of nitrogens with zero attached hydrogens (tertiary/aromatic N) is 2. The smallest absolute Gasteiger partial charge is 0.137 e. The van der Waals surface area contributed by atoms with E-state index in [1.807, 2.05) is 26.2 Å². The summed E-state index contributed by atoms with van der Waals surface area (Å²) in [5.74, 6) is 0.751. The predicted octanol–water partition coefficient (Wildman–Crippen LogP) is 4.61. The predicted molar refractivity (Wildman–Crippen MR) is 111 cm³/mol. The molecule has 0 bridgehead atoms. The second-order valence-electron chi connectivity index (χ2n) is 6.65. The third-order valence-electron chi connectivity index (χ3n) is 4.30. The van der Waals surface area contributed by atoms with Crippen LogP contribution in [0.5, 0.6) is 0 Å². The molecule has 1 aliphatic heterocycles. The van der Waals surface area contributed by atoms with Gasteiger partial charge in [-0.3, -0.25) is 0 Å². The monoisotopic (exact) mass is 395 g/mol. The van der Waals surface area contributed by atoms with Crippen molar-refractivity contribution in [2.75, 3.05) is 36.8 Å². The molecule has 1 fully saturated rings. The van der Waals surface area contributed by atoms with E-state index in [1.54, 1.807) is 27.6 Å². The van der Waals surface area contributed by atoms with Gasteiger partial charge >= 0.3 is 0 Å². The second-order valence-corrected chi connectivity index (χ2v) is 10.8. The van der Waals surface area contributed by atoms with Crippen LogP contribution in [0.1, 0.15) is 18.9 Å². The highest BCUT2D eigenvalue weighted by atomic mass is 32.2. The van der Waals surface area contributed by atoms with Crippen LogP contribution in [0.3, 0.4) is 0 Å². The Balaban J connectivity index is 1.74. The summed E-state index contributed by atoms with van der Waals surface area (Å²) in [6.45, 7) is 6.74. The molecule has 1 N–H and O–H groups in total. The Morgan fingerprint density at radius 2 is 2.12 bits per heavy atom. The quantitative estimate of drug-likeness (QED) is 0.725. The van der Waals surface area contributed by atoms with Crippen molar-refractivity contribution >= 4 is 45.6 Å². The van der Waals surface area contributed by atoms with E-state index in [0.717, 1.165) is 33.1 Å². The lowest BCUT2D eigenvalue weighted by molar-refractivity contribution is 0.605. The highest BCUT2D eigenvalue weighted by Crippen LogP contribution is 2.37. The maximum Gasteiger partial charge on any atom is 0.137 e. The van der Waals surface area contributed by atoms with Crippen LogP contribution in [0, 0.1) is 12.8 Å². The summed E-state index contributed by atoms with van der Waals surface area (Å²) in [5, 5.41) is 0. The first-order valence-corrected chi connectivity index (χ1v) is 11.2. The number of thiophene rings is 1. The SMILES string of the molecule is Cc1cccc(NSc2ccc(S(=O)N(C)C)s2)c1N1CCC(C)C1. The highest BCUT2D eigenvalue weighted by molar-refractivity contribution is 8.02. The van der Waals surface area contributed by atoms with Crippen LogP contribution in [-0.2, 0) is 11.0 Å². The van der Waals surface area contributed by atoms with E-state index in [1.165, 1.54) is 17.7 Å². The summed E-state index contributed by atoms with van der Waals surface area (Å²) >= 11 is 3.17. The Kier molecular flexibility index (Phi) is 6.09. The van der Waals surface area contributed by atoms with Gasteiger partial charge in [-0.05, 0) is 69.1 Å². The van der Waals surface area contributed by atoms with Gasteiger partial charge in [0.15, 0.2) is 0 Å². The molecule has 1 aromatic carbocycles. The lowest BCUT2D eigenvalue weighted by Gasteiger charge is -2.24. The van der Waals surface area contributed by atoms with Crippen molar-refractivity contribution in [2.45, 2.75) is 28.7 Å². The topological polar surface area (TPSA) is 35.6 Å². The van der Waals surface area contributed by atoms with Gasteiger partial charge in [-0.25, -0.2) is 8.51 Å². The first-order valence-electron chi connectivity index (χ1n) is 8.42. The minimum atomic E-state index is -1.07. The molecule has 2 aromatic rings. The summed E-state index contributed by atoms with van der Waals surface area (Å²) in [6, 6.07) is 10.4. The van der Waals surface area contributed by atoms with Gasteiger partial charge in [0.05, 0.1) is 15.6 Å². The minimum Gasteiger partial charge on any atom is -0.369 e. The third-order valence-corrected chi connectivity index (χ3v) is 7.95. The van der Waals surface area contributed by atoms with Crippen LogP contribution in [0.4, 0.5) is 11.4 Å². The van der Waals surface area contributed by atoms with Crippen molar-refractivity contribution in [3.8, 4) is 0 Å². The normalized spacial score (nSPS) is 18.8. The van der Waals surface area contributed by atoms with Gasteiger partial charge in [-0.1, -0.05) is 19.1 Å². The maximum atomic E-state index is 12.1. The van der Waals surface area contributed by atoms with E-state index in [-0.39, 0.29) is 0 Å². The molecule has 0 aliphatic carbocycles. The van der Waals surface area contributed by atoms with Crippen molar-refractivity contribution in [2.24, 2.45) is 5.92 Å². The summed E-state index contributed by atoms with van der Waals surface area (Å²) < 4.78 is 19.4. The van der Waals surface area contributed by atoms with E-state index >= 15 is 0 Å². The van der Waals surface area contributed by atoms with E-state index in [9.17, 15) is 4.21 Å². The third kappa shape index (κ3) is 4.39. The molecular formula is C18H25N3OS3. The number of benzene rings is 1. The van der Waals surface area contributed by atoms with Gasteiger partial charge in [-0.15, -0.1) is 11.3 Å². The molecule has 1 aromatic heterocycles. The van der Waals surface area contributed by atoms with Gasteiger partial charge in [0.1, 0.15) is 15.2 Å². The van der Waals surface area contributed by atoms with E-state index in [2.05, 4.69) is 41.7 Å². The molecule has 2 unspecified atom stereocenters. The number of nitrogens with one attached hydrogen (secondary N) is 1. The van der Waals surface area contributed by atoms with Gasteiger partial charge in [0, 0.05) is 13.1 Å². The number of anilines is 2. The number of aryl methyl sites for hydroxylation is 1. The van der Waals surface area contributed by atoms with Crippen LogP contribution >= 0.6 is 23.3 Å². The summed E-state index contributed by atoms with van der Waals surface area (Å²) in [4.78, 5) is 2.49. The van der Waals surface area contributed by atoms with Crippen LogP contribution < -0.4 is 9.62 Å². The van der Waals surface area contributed by atoms with E-state index in [4.69, 9.17) is 0 Å². The molecular weight excluding hydrogens is 370 g/mol. The summed E-state index contributed by atoms with van der Waals surface area (Å²) in [5.41, 5.74) is 3.77. The molecule has 0 amide bonds. The van der Waals surface area contributed by atoms with Crippen molar-refractivity contribution in [3.63, 3.8) is 0 Å². The minimum absolute atomic E-state index is 0.751. The van der Waals surface area contributed by atoms with Crippen LogP contribution in [-0.4, -0.2) is 35.7 Å². The van der Waals surface area contributed by atoms with E-state index in [0.29, 0.717) is 0 Å². The fourth-order valence-corrected chi connectivity index (χ4v) is 6.28. The number of para-hydroxylation sites is 1. The summed E-state index contributed by atoms with van der Waals surface area (Å²) in [6.07, 6.45) is 1.26. The Morgan fingerprint density at radius 3 is 2.80 bits per heavy atom. The van der Waals surface area contributed by atoms with Gasteiger partial charge in [0.25, 0.3) is 0 Å². The molecule has 3 rings (SSSR count). The van der Waals surface area contributed by atoms with Crippen LogP contribution in [0.2, 0.25) is 0 Å². The molecule has 0 radical (unpaired) electrons. The van der Waals surface area contributed by atoms with Crippen molar-refractivity contribution in [3.05, 3.63) is 35.9 Å². The number of hydrogen-bond donors (Lipinski definition) is 1. The first-order chi connectivity index (χ1) is 12.0. The van der Waals surface area contributed by atoms with Crippen molar-refractivity contribution in [1.82, 2.24) is 4.31 Å². The molecule has 4 nitrogen and oxygen atoms in total. The standard InChI is InChI=1S/C18H25N3OS3/c1-13-10-11-21(12-13)18-14(2)6-5-7-15(18)19-24-16-8-9-17(23-16)25(22)20(3)4/h5-9,13,19H,10-12H2,1-4H3. The zero-order chi connectivity index (χ0) is 18.0. The van der Waals surface area contributed by atoms with Crippen LogP contribution in [0.25, 0.3) is 0 Å². The van der Waals surface area contributed by atoms with E-state index < -0.39 is 11.0 Å². The molecule has 2 atom stereocenters. The Labute approximate surface area is 161 Å². The zero-order valence-electron chi connectivity index (χ0n) is 15.1. The molecule has 25 heavy (non-hydrogen) atoms. The molecule has 0 spiro atoms. The fraction of sp³-hybridized carbons (Fsp3) is 0.444. The molecule has 0 saturated carbocycles. The van der Waals surface area contributed by atoms with Gasteiger partial charge < -0.3 is 9.62 Å². The average molecular weight is 396 g/mol. The molecule has 1 saturated heterocycles. The lowest BCUT2D eigenvalue weighted by Crippen LogP contribution is -2.21. The zero-order valence-corrected chi connectivity index (χ0v) is 17.6. The lowest BCUT2D eigenvalue weighted by atomic mass is 10.1. The molecule has 1 aliphatic rings. The van der Waals surface area contributed by atoms with Crippen molar-refractivity contribution < 1.29 is 4.21 Å². The largest absolute Gasteiger partial charge is 0.369 e. The van der Waals surface area contributed by atoms with Crippen molar-refractivity contribution in [1.29, 1.82) is 0 Å².